The normalized spacial score (nSPS) is 10.1. The molecule has 1 aromatic carbocycles. The van der Waals surface area contributed by atoms with Gasteiger partial charge in [-0.15, -0.1) is 0 Å². The van der Waals surface area contributed by atoms with Crippen LogP contribution in [-0.2, 0) is 7.05 Å². The summed E-state index contributed by atoms with van der Waals surface area (Å²) < 4.78 is 6.50. The highest BCUT2D eigenvalue weighted by molar-refractivity contribution is 5.80. The molecule has 6 heteroatoms. The van der Waals surface area contributed by atoms with E-state index in [1.54, 1.807) is 7.05 Å². The lowest BCUT2D eigenvalue weighted by Crippen LogP contribution is -1.98. The van der Waals surface area contributed by atoms with E-state index in [-0.39, 0.29) is 5.75 Å². The Morgan fingerprint density at radius 1 is 1.44 bits per heavy atom. The average molecular weight is 244 g/mol. The number of nitriles is 1. The number of aromatic nitrogens is 2. The molecule has 0 unspecified atom stereocenters. The van der Waals surface area contributed by atoms with Crippen LogP contribution in [0.5, 0.6) is 11.5 Å². The number of phenols is 1. The smallest absolute Gasteiger partial charge is 0.140 e. The SMILES string of the molecule is COc1cc(O)c(-c2cnn(C)c2N)cc1C#N. The molecule has 1 heterocycles. The van der Waals surface area contributed by atoms with Crippen molar-refractivity contribution in [3.8, 4) is 28.7 Å². The predicted molar refractivity (Wildman–Crippen MR) is 66.0 cm³/mol. The highest BCUT2D eigenvalue weighted by Crippen LogP contribution is 2.37. The zero-order chi connectivity index (χ0) is 13.3. The lowest BCUT2D eigenvalue weighted by molar-refractivity contribution is 0.407. The first-order valence-electron chi connectivity index (χ1n) is 5.17. The summed E-state index contributed by atoms with van der Waals surface area (Å²) in [7, 11) is 3.14. The number of aromatic hydroxyl groups is 1. The second-order valence-corrected chi connectivity index (χ2v) is 3.75. The molecular formula is C12H12N4O2. The number of ether oxygens (including phenoxy) is 1. The number of aryl methyl sites for hydroxylation is 1. The maximum atomic E-state index is 9.95. The van der Waals surface area contributed by atoms with Gasteiger partial charge in [0.2, 0.25) is 0 Å². The van der Waals surface area contributed by atoms with E-state index in [0.29, 0.717) is 28.3 Å². The third-order valence-electron chi connectivity index (χ3n) is 2.71. The molecule has 3 N–H and O–H groups in total. The van der Waals surface area contributed by atoms with Gasteiger partial charge < -0.3 is 15.6 Å². The van der Waals surface area contributed by atoms with E-state index >= 15 is 0 Å². The molecule has 0 aliphatic carbocycles. The highest BCUT2D eigenvalue weighted by Gasteiger charge is 2.15. The number of hydrogen-bond donors (Lipinski definition) is 2. The molecule has 0 aliphatic heterocycles. The Morgan fingerprint density at radius 2 is 2.17 bits per heavy atom. The maximum Gasteiger partial charge on any atom is 0.140 e. The molecule has 92 valence electrons. The van der Waals surface area contributed by atoms with Gasteiger partial charge in [0, 0.05) is 24.2 Å². The molecule has 6 nitrogen and oxygen atoms in total. The fraction of sp³-hybridized carbons (Fsp3) is 0.167. The first-order valence-corrected chi connectivity index (χ1v) is 5.17. The predicted octanol–water partition coefficient (Wildman–Crippen LogP) is 1.26. The monoisotopic (exact) mass is 244 g/mol. The van der Waals surface area contributed by atoms with Gasteiger partial charge >= 0.3 is 0 Å². The van der Waals surface area contributed by atoms with Gasteiger partial charge in [0.25, 0.3) is 0 Å². The van der Waals surface area contributed by atoms with Crippen LogP contribution >= 0.6 is 0 Å². The van der Waals surface area contributed by atoms with Crippen molar-refractivity contribution in [2.45, 2.75) is 0 Å². The van der Waals surface area contributed by atoms with Gasteiger partial charge in [0.15, 0.2) is 0 Å². The Labute approximate surface area is 104 Å². The van der Waals surface area contributed by atoms with Crippen LogP contribution in [0.25, 0.3) is 11.1 Å². The van der Waals surface area contributed by atoms with E-state index in [4.69, 9.17) is 15.7 Å². The molecule has 0 atom stereocenters. The zero-order valence-electron chi connectivity index (χ0n) is 10.0. The van der Waals surface area contributed by atoms with Crippen LogP contribution in [0.3, 0.4) is 0 Å². The molecule has 0 saturated carbocycles. The summed E-state index contributed by atoms with van der Waals surface area (Å²) in [5.41, 5.74) is 7.20. The number of anilines is 1. The zero-order valence-corrected chi connectivity index (χ0v) is 10.0. The topological polar surface area (TPSA) is 97.1 Å². The fourth-order valence-electron chi connectivity index (χ4n) is 1.70. The van der Waals surface area contributed by atoms with E-state index < -0.39 is 0 Å². The number of nitrogens with two attached hydrogens (primary N) is 1. The van der Waals surface area contributed by atoms with E-state index in [1.165, 1.54) is 30.1 Å². The van der Waals surface area contributed by atoms with Gasteiger partial charge in [-0.25, -0.2) is 0 Å². The number of nitrogens with zero attached hydrogens (tertiary/aromatic N) is 3. The van der Waals surface area contributed by atoms with Gasteiger partial charge in [0.1, 0.15) is 23.4 Å². The van der Waals surface area contributed by atoms with Gasteiger partial charge in [-0.3, -0.25) is 4.68 Å². The number of phenolic OH excluding ortho intramolecular Hbond substituents is 1. The molecule has 0 aliphatic rings. The summed E-state index contributed by atoms with van der Waals surface area (Å²) >= 11 is 0. The third-order valence-corrected chi connectivity index (χ3v) is 2.71. The Morgan fingerprint density at radius 3 is 2.67 bits per heavy atom. The molecule has 2 rings (SSSR count). The third kappa shape index (κ3) is 1.72. The van der Waals surface area contributed by atoms with Crippen LogP contribution in [0.1, 0.15) is 5.56 Å². The molecule has 0 amide bonds. The second-order valence-electron chi connectivity index (χ2n) is 3.75. The Hall–Kier alpha value is -2.68. The first kappa shape index (κ1) is 11.8. The van der Waals surface area contributed by atoms with Crippen molar-refractivity contribution >= 4 is 5.82 Å². The van der Waals surface area contributed by atoms with Crippen molar-refractivity contribution in [3.63, 3.8) is 0 Å². The van der Waals surface area contributed by atoms with Crippen LogP contribution < -0.4 is 10.5 Å². The van der Waals surface area contributed by atoms with E-state index in [9.17, 15) is 5.11 Å². The average Bonchev–Trinajstić information content (AvgIpc) is 2.70. The molecule has 18 heavy (non-hydrogen) atoms. The lowest BCUT2D eigenvalue weighted by Gasteiger charge is -2.08. The van der Waals surface area contributed by atoms with Crippen LogP contribution in [0, 0.1) is 11.3 Å². The Bertz CT molecular complexity index is 640. The molecule has 0 radical (unpaired) electrons. The fourth-order valence-corrected chi connectivity index (χ4v) is 1.70. The number of hydrogen-bond acceptors (Lipinski definition) is 5. The van der Waals surface area contributed by atoms with Crippen LogP contribution in [0.4, 0.5) is 5.82 Å². The Balaban J connectivity index is 2.66. The maximum absolute atomic E-state index is 9.95. The largest absolute Gasteiger partial charge is 0.507 e. The minimum Gasteiger partial charge on any atom is -0.507 e. The number of methoxy groups -OCH3 is 1. The van der Waals surface area contributed by atoms with E-state index in [0.717, 1.165) is 0 Å². The van der Waals surface area contributed by atoms with Gasteiger partial charge in [-0.1, -0.05) is 0 Å². The van der Waals surface area contributed by atoms with E-state index in [1.807, 2.05) is 6.07 Å². The lowest BCUT2D eigenvalue weighted by atomic mass is 10.0. The summed E-state index contributed by atoms with van der Waals surface area (Å²) in [6.45, 7) is 0. The van der Waals surface area contributed by atoms with Crippen molar-refractivity contribution < 1.29 is 9.84 Å². The van der Waals surface area contributed by atoms with Crippen molar-refractivity contribution in [3.05, 3.63) is 23.9 Å². The van der Waals surface area contributed by atoms with Gasteiger partial charge in [-0.05, 0) is 6.07 Å². The van der Waals surface area contributed by atoms with Crippen molar-refractivity contribution in [2.24, 2.45) is 7.05 Å². The molecule has 1 aromatic heterocycles. The Kier molecular flexibility index (Phi) is 2.81. The highest BCUT2D eigenvalue weighted by atomic mass is 16.5. The van der Waals surface area contributed by atoms with Crippen LogP contribution in [-0.4, -0.2) is 22.0 Å². The molecular weight excluding hydrogens is 232 g/mol. The summed E-state index contributed by atoms with van der Waals surface area (Å²) in [4.78, 5) is 0. The first-order chi connectivity index (χ1) is 8.58. The summed E-state index contributed by atoms with van der Waals surface area (Å²) in [5.74, 6) is 0.728. The number of benzene rings is 1. The van der Waals surface area contributed by atoms with Gasteiger partial charge in [0.05, 0.1) is 18.9 Å². The van der Waals surface area contributed by atoms with Crippen molar-refractivity contribution in [1.82, 2.24) is 9.78 Å². The molecule has 0 saturated heterocycles. The van der Waals surface area contributed by atoms with E-state index in [2.05, 4.69) is 5.10 Å². The van der Waals surface area contributed by atoms with Crippen LogP contribution in [0.2, 0.25) is 0 Å². The summed E-state index contributed by atoms with van der Waals surface area (Å²) in [6, 6.07) is 4.92. The number of nitrogen functional groups attached to an aromatic ring is 1. The number of rotatable bonds is 2. The van der Waals surface area contributed by atoms with Crippen LogP contribution in [0.15, 0.2) is 18.3 Å². The second kappa shape index (κ2) is 4.30. The summed E-state index contributed by atoms with van der Waals surface area (Å²) in [6.07, 6.45) is 1.54. The van der Waals surface area contributed by atoms with Crippen molar-refractivity contribution in [2.75, 3.05) is 12.8 Å². The molecule has 0 fully saturated rings. The minimum atomic E-state index is -0.00875. The van der Waals surface area contributed by atoms with Crippen molar-refractivity contribution in [1.29, 1.82) is 5.26 Å². The van der Waals surface area contributed by atoms with Gasteiger partial charge in [-0.2, -0.15) is 10.4 Å². The standard InChI is InChI=1S/C12H12N4O2/c1-16-12(14)9(6-15-16)8-3-7(5-13)11(18-2)4-10(8)17/h3-4,6,17H,14H2,1-2H3. The molecule has 2 aromatic rings. The quantitative estimate of drug-likeness (QED) is 0.828. The molecule has 0 spiro atoms. The molecule has 0 bridgehead atoms. The minimum absolute atomic E-state index is 0.00875. The summed E-state index contributed by atoms with van der Waals surface area (Å²) in [5, 5.41) is 23.0.